The Balaban J connectivity index is 1.81. The number of hydrogen-bond donors (Lipinski definition) is 0. The first-order valence-corrected chi connectivity index (χ1v) is 7.82. The third kappa shape index (κ3) is 3.62. The van der Waals surface area contributed by atoms with Crippen molar-refractivity contribution in [1.82, 2.24) is 9.47 Å². The molecule has 0 radical (unpaired) electrons. The number of carbonyl (C=O) groups is 1. The zero-order valence-corrected chi connectivity index (χ0v) is 13.2. The molecule has 0 saturated heterocycles. The summed E-state index contributed by atoms with van der Waals surface area (Å²) < 4.78 is 15.3. The third-order valence-corrected chi connectivity index (χ3v) is 4.26. The first-order valence-electron chi connectivity index (χ1n) is 7.44. The zero-order valence-electron chi connectivity index (χ0n) is 12.4. The van der Waals surface area contributed by atoms with Gasteiger partial charge in [0.05, 0.1) is 6.54 Å². The van der Waals surface area contributed by atoms with Gasteiger partial charge < -0.3 is 9.47 Å². The average molecular weight is 335 g/mol. The van der Waals surface area contributed by atoms with E-state index in [9.17, 15) is 14.0 Å². The number of aromatic nitrogens is 1. The van der Waals surface area contributed by atoms with Crippen molar-refractivity contribution in [1.29, 1.82) is 0 Å². The fraction of sp³-hybridized carbons (Fsp3) is 0.294. The second kappa shape index (κ2) is 6.54. The Hall–Kier alpha value is -2.14. The van der Waals surface area contributed by atoms with Gasteiger partial charge in [-0.05, 0) is 31.0 Å². The molecule has 0 spiro atoms. The molecule has 1 amide bonds. The Morgan fingerprint density at radius 3 is 2.70 bits per heavy atom. The fourth-order valence-electron chi connectivity index (χ4n) is 2.49. The SMILES string of the molecule is O=C(Cn1ccccc1=O)N(Cc1c(F)cccc1Cl)C1CC1. The van der Waals surface area contributed by atoms with Gasteiger partial charge in [-0.25, -0.2) is 4.39 Å². The molecule has 23 heavy (non-hydrogen) atoms. The van der Waals surface area contributed by atoms with Gasteiger partial charge in [0.25, 0.3) is 5.56 Å². The van der Waals surface area contributed by atoms with Crippen molar-refractivity contribution in [3.8, 4) is 0 Å². The number of benzene rings is 1. The van der Waals surface area contributed by atoms with E-state index in [0.29, 0.717) is 10.6 Å². The molecular weight excluding hydrogens is 319 g/mol. The molecule has 1 heterocycles. The number of amides is 1. The number of rotatable bonds is 5. The van der Waals surface area contributed by atoms with Crippen molar-refractivity contribution >= 4 is 17.5 Å². The molecule has 1 aliphatic rings. The van der Waals surface area contributed by atoms with Crippen molar-refractivity contribution in [2.75, 3.05) is 0 Å². The Morgan fingerprint density at radius 1 is 1.26 bits per heavy atom. The minimum atomic E-state index is -0.423. The quantitative estimate of drug-likeness (QED) is 0.843. The lowest BCUT2D eigenvalue weighted by atomic mass is 10.2. The lowest BCUT2D eigenvalue weighted by molar-refractivity contribution is -0.133. The second-order valence-corrected chi connectivity index (χ2v) is 6.03. The standard InChI is InChI=1S/C17H16ClFN2O2/c18-14-4-3-5-15(19)13(14)10-21(12-7-8-12)17(23)11-20-9-2-1-6-16(20)22/h1-6,9,12H,7-8,10-11H2. The van der Waals surface area contributed by atoms with Crippen molar-refractivity contribution < 1.29 is 9.18 Å². The highest BCUT2D eigenvalue weighted by Crippen LogP contribution is 2.30. The molecule has 1 saturated carbocycles. The van der Waals surface area contributed by atoms with E-state index in [0.717, 1.165) is 12.8 Å². The highest BCUT2D eigenvalue weighted by Gasteiger charge is 2.33. The largest absolute Gasteiger partial charge is 0.334 e. The molecule has 2 aromatic rings. The third-order valence-electron chi connectivity index (χ3n) is 3.90. The molecule has 6 heteroatoms. The molecule has 120 valence electrons. The lowest BCUT2D eigenvalue weighted by Crippen LogP contribution is -2.37. The van der Waals surface area contributed by atoms with Crippen LogP contribution in [0.4, 0.5) is 4.39 Å². The zero-order chi connectivity index (χ0) is 16.4. The maximum atomic E-state index is 14.0. The molecule has 4 nitrogen and oxygen atoms in total. The van der Waals surface area contributed by atoms with E-state index in [-0.39, 0.29) is 30.6 Å². The van der Waals surface area contributed by atoms with Gasteiger partial charge in [0, 0.05) is 28.9 Å². The lowest BCUT2D eigenvalue weighted by Gasteiger charge is -2.23. The van der Waals surface area contributed by atoms with E-state index in [1.54, 1.807) is 29.3 Å². The highest BCUT2D eigenvalue weighted by molar-refractivity contribution is 6.31. The van der Waals surface area contributed by atoms with Crippen molar-refractivity contribution in [3.05, 3.63) is 69.4 Å². The van der Waals surface area contributed by atoms with E-state index >= 15 is 0 Å². The fourth-order valence-corrected chi connectivity index (χ4v) is 2.71. The second-order valence-electron chi connectivity index (χ2n) is 5.62. The van der Waals surface area contributed by atoms with Gasteiger partial charge in [-0.2, -0.15) is 0 Å². The summed E-state index contributed by atoms with van der Waals surface area (Å²) in [6.45, 7) is 0.0683. The Morgan fingerprint density at radius 2 is 2.04 bits per heavy atom. The van der Waals surface area contributed by atoms with Crippen LogP contribution >= 0.6 is 11.6 Å². The van der Waals surface area contributed by atoms with E-state index in [2.05, 4.69) is 0 Å². The van der Waals surface area contributed by atoms with Crippen LogP contribution in [0.3, 0.4) is 0 Å². The number of halogens is 2. The average Bonchev–Trinajstić information content (AvgIpc) is 3.34. The van der Waals surface area contributed by atoms with Gasteiger partial charge in [-0.1, -0.05) is 23.7 Å². The van der Waals surface area contributed by atoms with Gasteiger partial charge in [-0.3, -0.25) is 9.59 Å². The first-order chi connectivity index (χ1) is 11.1. The number of carbonyl (C=O) groups excluding carboxylic acids is 1. The summed E-state index contributed by atoms with van der Waals surface area (Å²) in [5.41, 5.74) is 0.0790. The van der Waals surface area contributed by atoms with Crippen LogP contribution in [0.5, 0.6) is 0 Å². The summed E-state index contributed by atoms with van der Waals surface area (Å²) in [4.78, 5) is 25.9. The monoisotopic (exact) mass is 334 g/mol. The van der Waals surface area contributed by atoms with Crippen molar-refractivity contribution in [2.24, 2.45) is 0 Å². The topological polar surface area (TPSA) is 42.3 Å². The van der Waals surface area contributed by atoms with E-state index in [4.69, 9.17) is 11.6 Å². The Kier molecular flexibility index (Phi) is 4.48. The molecule has 1 aromatic carbocycles. The summed E-state index contributed by atoms with van der Waals surface area (Å²) in [7, 11) is 0. The van der Waals surface area contributed by atoms with Crippen LogP contribution < -0.4 is 5.56 Å². The molecule has 0 atom stereocenters. The number of hydrogen-bond acceptors (Lipinski definition) is 2. The molecule has 1 aliphatic carbocycles. The molecule has 1 fully saturated rings. The minimum absolute atomic E-state index is 0.0533. The minimum Gasteiger partial charge on any atom is -0.334 e. The number of pyridine rings is 1. The first kappa shape index (κ1) is 15.7. The maximum absolute atomic E-state index is 14.0. The predicted molar refractivity (Wildman–Crippen MR) is 85.7 cm³/mol. The predicted octanol–water partition coefficient (Wildman–Crippen LogP) is 2.83. The smallest absolute Gasteiger partial charge is 0.250 e. The molecule has 1 aromatic heterocycles. The van der Waals surface area contributed by atoms with Gasteiger partial charge in [-0.15, -0.1) is 0 Å². The number of nitrogens with zero attached hydrogens (tertiary/aromatic N) is 2. The molecule has 0 unspecified atom stereocenters. The van der Waals surface area contributed by atoms with Crippen LogP contribution in [-0.2, 0) is 17.9 Å². The van der Waals surface area contributed by atoms with E-state index in [1.807, 2.05) is 0 Å². The van der Waals surface area contributed by atoms with Crippen LogP contribution in [0.25, 0.3) is 0 Å². The molecule has 0 bridgehead atoms. The van der Waals surface area contributed by atoms with Crippen LogP contribution in [0, 0.1) is 5.82 Å². The van der Waals surface area contributed by atoms with Crippen molar-refractivity contribution in [3.63, 3.8) is 0 Å². The van der Waals surface area contributed by atoms with Gasteiger partial charge in [0.1, 0.15) is 12.4 Å². The summed E-state index contributed by atoms with van der Waals surface area (Å²) >= 11 is 6.06. The van der Waals surface area contributed by atoms with Crippen LogP contribution in [-0.4, -0.2) is 21.4 Å². The summed E-state index contributed by atoms with van der Waals surface area (Å²) in [5, 5.41) is 0.306. The van der Waals surface area contributed by atoms with E-state index < -0.39 is 5.82 Å². The van der Waals surface area contributed by atoms with Crippen LogP contribution in [0.2, 0.25) is 5.02 Å². The van der Waals surface area contributed by atoms with Gasteiger partial charge in [0.15, 0.2) is 0 Å². The normalized spacial score (nSPS) is 13.8. The Bertz CT molecular complexity index is 766. The van der Waals surface area contributed by atoms with Crippen LogP contribution in [0.1, 0.15) is 18.4 Å². The van der Waals surface area contributed by atoms with Crippen molar-refractivity contribution in [2.45, 2.75) is 32.0 Å². The van der Waals surface area contributed by atoms with Gasteiger partial charge >= 0.3 is 0 Å². The maximum Gasteiger partial charge on any atom is 0.250 e. The summed E-state index contributed by atoms with van der Waals surface area (Å²) in [6, 6.07) is 9.30. The van der Waals surface area contributed by atoms with Gasteiger partial charge in [0.2, 0.25) is 5.91 Å². The molecule has 0 N–H and O–H groups in total. The van der Waals surface area contributed by atoms with Crippen LogP contribution in [0.15, 0.2) is 47.4 Å². The summed E-state index contributed by atoms with van der Waals surface area (Å²) in [6.07, 6.45) is 3.35. The molecule has 3 rings (SSSR count). The molecular formula is C17H16ClFN2O2. The molecule has 0 aliphatic heterocycles. The van der Waals surface area contributed by atoms with E-state index in [1.165, 1.54) is 22.8 Å². The Labute approximate surface area is 138 Å². The summed E-state index contributed by atoms with van der Waals surface area (Å²) in [5.74, 6) is -0.632. The highest BCUT2D eigenvalue weighted by atomic mass is 35.5.